The van der Waals surface area contributed by atoms with Crippen LogP contribution in [0.25, 0.3) is 6.08 Å². The van der Waals surface area contributed by atoms with Gasteiger partial charge in [0.25, 0.3) is 0 Å². The average molecular weight is 694 g/mol. The van der Waals surface area contributed by atoms with E-state index in [1.807, 2.05) is 24.3 Å². The summed E-state index contributed by atoms with van der Waals surface area (Å²) in [4.78, 5) is 48.7. The minimum absolute atomic E-state index is 0.0393. The van der Waals surface area contributed by atoms with Crippen molar-refractivity contribution < 1.29 is 48.4 Å². The van der Waals surface area contributed by atoms with Crippen LogP contribution in [0.1, 0.15) is 69.4 Å². The van der Waals surface area contributed by atoms with Crippen molar-refractivity contribution in [1.29, 1.82) is 0 Å². The molecular formula is C37H47N3O10. The molecule has 0 aromatic heterocycles. The van der Waals surface area contributed by atoms with Gasteiger partial charge >= 0.3 is 5.97 Å². The summed E-state index contributed by atoms with van der Waals surface area (Å²) in [6.45, 7) is 1.27. The number of nitrogens with one attached hydrogen (secondary N) is 2. The molecule has 3 unspecified atom stereocenters. The summed E-state index contributed by atoms with van der Waals surface area (Å²) in [5.74, 6) is -1.71. The highest BCUT2D eigenvalue weighted by Gasteiger charge is 2.78. The number of benzene rings is 1. The summed E-state index contributed by atoms with van der Waals surface area (Å²) in [6.07, 6.45) is 8.24. The maximum Gasteiger partial charge on any atom is 0.327 e. The number of hydroxylamine groups is 2. The Morgan fingerprint density at radius 2 is 1.80 bits per heavy atom. The zero-order valence-corrected chi connectivity index (χ0v) is 28.3. The highest BCUT2D eigenvalue weighted by Crippen LogP contribution is 2.64. The van der Waals surface area contributed by atoms with Crippen LogP contribution in [0.15, 0.2) is 30.3 Å². The SMILES string of the molecule is C[C@H](O)[C@@H](NC(=O)[C@@]12C[C@H]3OC(=O)[C@@H]1N(Cc1ccccc1C=CC1CCC4OC4C1)O[C@@H]2[C@H]1OC(C2CC2)(C2CC2)O[C@H]13)C(=O)NCCO. The Hall–Kier alpha value is -2.91. The van der Waals surface area contributed by atoms with Crippen molar-refractivity contribution in [1.82, 2.24) is 15.7 Å². The third-order valence-corrected chi connectivity index (χ3v) is 12.3. The second-order valence-corrected chi connectivity index (χ2v) is 15.7. The van der Waals surface area contributed by atoms with E-state index < -0.39 is 71.6 Å². The zero-order chi connectivity index (χ0) is 34.4. The number of allylic oxidation sites excluding steroid dienone is 1. The van der Waals surface area contributed by atoms with Crippen molar-refractivity contribution in [2.75, 3.05) is 13.2 Å². The molecule has 9 rings (SSSR count). The van der Waals surface area contributed by atoms with Gasteiger partial charge in [0.05, 0.1) is 31.5 Å². The fourth-order valence-electron chi connectivity index (χ4n) is 9.49. The normalized spacial score (nSPS) is 39.3. The highest BCUT2D eigenvalue weighted by atomic mass is 16.8. The maximum atomic E-state index is 14.8. The summed E-state index contributed by atoms with van der Waals surface area (Å²) in [5, 5.41) is 26.8. The number of aliphatic hydroxyl groups is 2. The van der Waals surface area contributed by atoms with Crippen LogP contribution >= 0.6 is 0 Å². The first-order valence-corrected chi connectivity index (χ1v) is 18.5. The molecule has 2 bridgehead atoms. The van der Waals surface area contributed by atoms with Gasteiger partial charge in [0.1, 0.15) is 35.9 Å². The second-order valence-electron chi connectivity index (χ2n) is 15.7. The molecule has 4 N–H and O–H groups in total. The topological polar surface area (TPSA) is 168 Å². The lowest BCUT2D eigenvalue weighted by molar-refractivity contribution is -0.235. The van der Waals surface area contributed by atoms with Gasteiger partial charge in [-0.3, -0.25) is 19.2 Å². The molecule has 270 valence electrons. The van der Waals surface area contributed by atoms with Crippen LogP contribution in [0, 0.1) is 23.2 Å². The Balaban J connectivity index is 1.05. The van der Waals surface area contributed by atoms with Gasteiger partial charge in [0, 0.05) is 24.8 Å². The number of hydrogen-bond acceptors (Lipinski definition) is 11. The Labute approximate surface area is 290 Å². The molecule has 0 radical (unpaired) electrons. The van der Waals surface area contributed by atoms with Gasteiger partial charge in [-0.15, -0.1) is 0 Å². The predicted molar refractivity (Wildman–Crippen MR) is 174 cm³/mol. The van der Waals surface area contributed by atoms with Crippen LogP contribution < -0.4 is 10.6 Å². The number of carbonyl (C=O) groups excluding carboxylic acids is 3. The molecule has 1 aromatic carbocycles. The van der Waals surface area contributed by atoms with Gasteiger partial charge in [-0.25, -0.2) is 0 Å². The van der Waals surface area contributed by atoms with Crippen molar-refractivity contribution in [3.05, 3.63) is 41.5 Å². The van der Waals surface area contributed by atoms with E-state index in [-0.39, 0.29) is 38.0 Å². The van der Waals surface area contributed by atoms with Gasteiger partial charge in [0.2, 0.25) is 11.8 Å². The van der Waals surface area contributed by atoms with E-state index in [1.165, 1.54) is 6.92 Å². The van der Waals surface area contributed by atoms with E-state index in [0.717, 1.165) is 56.1 Å². The van der Waals surface area contributed by atoms with Crippen molar-refractivity contribution in [2.24, 2.45) is 23.2 Å². The Kier molecular flexibility index (Phi) is 8.14. The molecule has 8 aliphatic rings. The number of esters is 1. The molecule has 8 fully saturated rings. The molecule has 4 heterocycles. The molecule has 0 spiro atoms. The van der Waals surface area contributed by atoms with Crippen LogP contribution in [0.4, 0.5) is 0 Å². The molecule has 4 aliphatic heterocycles. The van der Waals surface area contributed by atoms with Crippen LogP contribution in [0.2, 0.25) is 0 Å². The lowest BCUT2D eigenvalue weighted by Crippen LogP contribution is -2.71. The standard InChI is InChI=1S/C37H47N3O10/c1-19(42)28(33(43)38-14-15-41)39-35(45)36-17-27-29-30(49-37(48-29,23-9-10-23)24-11-12-24)32(36)50-40(31(36)34(44)47-27)18-22-5-3-2-4-21(22)8-6-20-7-13-25-26(16-20)46-25/h2-6,8,19-20,23-32,41-42H,7,9-18H2,1H3,(H,38,43)(H,39,45)/t19-,20?,25?,26?,27+,28+,29-,30-,31-,32+,36-/m0/s1. The molecule has 11 atom stereocenters. The summed E-state index contributed by atoms with van der Waals surface area (Å²) in [6, 6.07) is 5.48. The number of carbonyl (C=O) groups is 3. The third-order valence-electron chi connectivity index (χ3n) is 12.3. The Bertz CT molecular complexity index is 1550. The number of ether oxygens (including phenoxy) is 4. The van der Waals surface area contributed by atoms with Crippen molar-refractivity contribution in [3.8, 4) is 0 Å². The molecule has 1 aromatic rings. The summed E-state index contributed by atoms with van der Waals surface area (Å²) in [7, 11) is 0. The number of hydrogen-bond donors (Lipinski definition) is 4. The number of fused-ring (bicyclic) bond motifs is 5. The second kappa shape index (κ2) is 12.4. The summed E-state index contributed by atoms with van der Waals surface area (Å²) < 4.78 is 25.6. The van der Waals surface area contributed by atoms with E-state index in [1.54, 1.807) is 5.06 Å². The smallest absolute Gasteiger partial charge is 0.327 e. The molecule has 4 aliphatic carbocycles. The Morgan fingerprint density at radius 3 is 2.52 bits per heavy atom. The van der Waals surface area contributed by atoms with Crippen molar-refractivity contribution >= 4 is 23.9 Å². The number of aliphatic hydroxyl groups excluding tert-OH is 2. The van der Waals surface area contributed by atoms with Crippen molar-refractivity contribution in [2.45, 2.75) is 125 Å². The minimum atomic E-state index is -1.49. The molecular weight excluding hydrogens is 646 g/mol. The van der Waals surface area contributed by atoms with E-state index in [4.69, 9.17) is 23.8 Å². The maximum absolute atomic E-state index is 14.8. The fraction of sp³-hybridized carbons (Fsp3) is 0.703. The molecule has 13 heteroatoms. The first-order valence-electron chi connectivity index (χ1n) is 18.5. The molecule has 50 heavy (non-hydrogen) atoms. The van der Waals surface area contributed by atoms with Gasteiger partial charge < -0.3 is 39.8 Å². The number of amides is 2. The quantitative estimate of drug-likeness (QED) is 0.184. The number of epoxide rings is 1. The highest BCUT2D eigenvalue weighted by molar-refractivity contribution is 5.96. The van der Waals surface area contributed by atoms with Gasteiger partial charge in [-0.2, -0.15) is 5.06 Å². The van der Waals surface area contributed by atoms with Crippen LogP contribution in [0.3, 0.4) is 0 Å². The van der Waals surface area contributed by atoms with E-state index in [9.17, 15) is 24.6 Å². The van der Waals surface area contributed by atoms with Gasteiger partial charge in [0.15, 0.2) is 11.8 Å². The molecule has 2 amide bonds. The van der Waals surface area contributed by atoms with E-state index in [2.05, 4.69) is 22.8 Å². The van der Waals surface area contributed by atoms with E-state index in [0.29, 0.717) is 18.1 Å². The van der Waals surface area contributed by atoms with Crippen molar-refractivity contribution in [3.63, 3.8) is 0 Å². The Morgan fingerprint density at radius 1 is 1.04 bits per heavy atom. The van der Waals surface area contributed by atoms with Crippen LogP contribution in [-0.4, -0.2) is 107 Å². The zero-order valence-electron chi connectivity index (χ0n) is 28.3. The molecule has 4 saturated carbocycles. The molecule has 13 nitrogen and oxygen atoms in total. The third kappa shape index (κ3) is 5.43. The minimum Gasteiger partial charge on any atom is -0.458 e. The average Bonchev–Trinajstić information content (AvgIpc) is 4.00. The van der Waals surface area contributed by atoms with E-state index >= 15 is 0 Å². The first kappa shape index (κ1) is 33.0. The largest absolute Gasteiger partial charge is 0.458 e. The number of rotatable bonds is 12. The fourth-order valence-corrected chi connectivity index (χ4v) is 9.49. The predicted octanol–water partition coefficient (Wildman–Crippen LogP) is 1.34. The summed E-state index contributed by atoms with van der Waals surface area (Å²) in [5.41, 5.74) is 0.408. The number of nitrogens with zero attached hydrogens (tertiary/aromatic N) is 1. The monoisotopic (exact) mass is 693 g/mol. The lowest BCUT2D eigenvalue weighted by atomic mass is 9.62. The lowest BCUT2D eigenvalue weighted by Gasteiger charge is -2.49. The summed E-state index contributed by atoms with van der Waals surface area (Å²) >= 11 is 0. The van der Waals surface area contributed by atoms with Crippen LogP contribution in [0.5, 0.6) is 0 Å². The van der Waals surface area contributed by atoms with Gasteiger partial charge in [-0.05, 0) is 68.9 Å². The van der Waals surface area contributed by atoms with Gasteiger partial charge in [-0.1, -0.05) is 36.4 Å². The first-order chi connectivity index (χ1) is 24.2. The van der Waals surface area contributed by atoms with Crippen LogP contribution in [-0.2, 0) is 44.7 Å². The molecule has 4 saturated heterocycles.